The summed E-state index contributed by atoms with van der Waals surface area (Å²) in [5, 5.41) is 7.29. The molecule has 106 valence electrons. The minimum absolute atomic E-state index is 0.141. The Morgan fingerprint density at radius 3 is 2.85 bits per heavy atom. The van der Waals surface area contributed by atoms with Crippen LogP contribution in [0.2, 0.25) is 10.0 Å². The van der Waals surface area contributed by atoms with Crippen molar-refractivity contribution in [2.75, 3.05) is 6.61 Å². The van der Waals surface area contributed by atoms with Crippen molar-refractivity contribution in [1.82, 2.24) is 10.5 Å². The summed E-state index contributed by atoms with van der Waals surface area (Å²) in [6.07, 6.45) is 0. The maximum atomic E-state index is 11.6. The van der Waals surface area contributed by atoms with E-state index in [0.29, 0.717) is 27.2 Å². The molecule has 2 rings (SSSR count). The van der Waals surface area contributed by atoms with Gasteiger partial charge in [0.1, 0.15) is 17.2 Å². The van der Waals surface area contributed by atoms with Crippen LogP contribution in [0.3, 0.4) is 0 Å². The van der Waals surface area contributed by atoms with Crippen molar-refractivity contribution in [2.24, 2.45) is 0 Å². The Balaban J connectivity index is 1.80. The first-order valence-corrected chi connectivity index (χ1v) is 6.57. The molecule has 0 bridgehead atoms. The maximum Gasteiger partial charge on any atom is 0.258 e. The van der Waals surface area contributed by atoms with Crippen LogP contribution in [0.15, 0.2) is 28.8 Å². The lowest BCUT2D eigenvalue weighted by Gasteiger charge is -2.08. The third-order valence-corrected chi connectivity index (χ3v) is 2.93. The Labute approximate surface area is 125 Å². The van der Waals surface area contributed by atoms with E-state index in [1.807, 2.05) is 0 Å². The Morgan fingerprint density at radius 1 is 1.40 bits per heavy atom. The van der Waals surface area contributed by atoms with Gasteiger partial charge in [0.05, 0.1) is 11.6 Å². The van der Waals surface area contributed by atoms with Crippen molar-refractivity contribution in [1.29, 1.82) is 0 Å². The van der Waals surface area contributed by atoms with Crippen LogP contribution in [0.1, 0.15) is 11.5 Å². The number of rotatable bonds is 5. The Morgan fingerprint density at radius 2 is 2.20 bits per heavy atom. The molecule has 2 aromatic rings. The third kappa shape index (κ3) is 4.15. The molecule has 0 radical (unpaired) electrons. The third-order valence-electron chi connectivity index (χ3n) is 2.40. The first-order valence-electron chi connectivity index (χ1n) is 5.81. The number of aryl methyl sites for hydroxylation is 1. The number of amides is 1. The van der Waals surface area contributed by atoms with Gasteiger partial charge in [-0.2, -0.15) is 0 Å². The van der Waals surface area contributed by atoms with Crippen molar-refractivity contribution < 1.29 is 14.1 Å². The smallest absolute Gasteiger partial charge is 0.258 e. The van der Waals surface area contributed by atoms with Crippen LogP contribution >= 0.6 is 23.2 Å². The second-order valence-electron chi connectivity index (χ2n) is 4.07. The van der Waals surface area contributed by atoms with E-state index in [1.54, 1.807) is 31.2 Å². The van der Waals surface area contributed by atoms with E-state index < -0.39 is 0 Å². The molecular formula is C13H12Cl2N2O3. The quantitative estimate of drug-likeness (QED) is 0.921. The second-order valence-corrected chi connectivity index (χ2v) is 4.91. The van der Waals surface area contributed by atoms with Gasteiger partial charge < -0.3 is 14.6 Å². The van der Waals surface area contributed by atoms with Gasteiger partial charge >= 0.3 is 0 Å². The zero-order valence-electron chi connectivity index (χ0n) is 10.7. The highest BCUT2D eigenvalue weighted by molar-refractivity contribution is 6.35. The first kappa shape index (κ1) is 14.7. The normalized spacial score (nSPS) is 10.3. The topological polar surface area (TPSA) is 64.4 Å². The standard InChI is InChI=1S/C13H12Cl2N2O3/c1-8-4-10(17-20-8)6-16-13(18)7-19-12-3-2-9(14)5-11(12)15/h2-5H,6-7H2,1H3,(H,16,18). The lowest BCUT2D eigenvalue weighted by atomic mass is 10.3. The lowest BCUT2D eigenvalue weighted by molar-refractivity contribution is -0.123. The number of nitrogens with zero attached hydrogens (tertiary/aromatic N) is 1. The van der Waals surface area contributed by atoms with Crippen molar-refractivity contribution in [3.63, 3.8) is 0 Å². The van der Waals surface area contributed by atoms with Gasteiger partial charge in [-0.15, -0.1) is 0 Å². The highest BCUT2D eigenvalue weighted by Gasteiger charge is 2.07. The molecule has 1 aromatic carbocycles. The average molecular weight is 315 g/mol. The Hall–Kier alpha value is -1.72. The van der Waals surface area contributed by atoms with Gasteiger partial charge in [-0.05, 0) is 25.1 Å². The molecule has 1 amide bonds. The summed E-state index contributed by atoms with van der Waals surface area (Å²) >= 11 is 11.7. The molecule has 0 aliphatic rings. The number of benzene rings is 1. The predicted octanol–water partition coefficient (Wildman–Crippen LogP) is 2.99. The molecule has 20 heavy (non-hydrogen) atoms. The van der Waals surface area contributed by atoms with E-state index in [2.05, 4.69) is 10.5 Å². The molecule has 7 heteroatoms. The summed E-state index contributed by atoms with van der Waals surface area (Å²) in [7, 11) is 0. The van der Waals surface area contributed by atoms with Crippen LogP contribution < -0.4 is 10.1 Å². The van der Waals surface area contributed by atoms with E-state index in [9.17, 15) is 4.79 Å². The molecule has 5 nitrogen and oxygen atoms in total. The maximum absolute atomic E-state index is 11.6. The number of ether oxygens (including phenoxy) is 1. The minimum atomic E-state index is -0.281. The van der Waals surface area contributed by atoms with Crippen LogP contribution in [-0.2, 0) is 11.3 Å². The molecule has 1 N–H and O–H groups in total. The molecule has 0 saturated carbocycles. The second kappa shape index (κ2) is 6.63. The van der Waals surface area contributed by atoms with E-state index in [-0.39, 0.29) is 19.1 Å². The number of carbonyl (C=O) groups excluding carboxylic acids is 1. The zero-order chi connectivity index (χ0) is 14.5. The van der Waals surface area contributed by atoms with Gasteiger partial charge in [-0.25, -0.2) is 0 Å². The summed E-state index contributed by atoms with van der Waals surface area (Å²) in [6.45, 7) is 1.93. The fourth-order valence-corrected chi connectivity index (χ4v) is 1.94. The summed E-state index contributed by atoms with van der Waals surface area (Å²) < 4.78 is 10.2. The van der Waals surface area contributed by atoms with E-state index in [1.165, 1.54) is 0 Å². The zero-order valence-corrected chi connectivity index (χ0v) is 12.2. The molecule has 0 saturated heterocycles. The lowest BCUT2D eigenvalue weighted by Crippen LogP contribution is -2.28. The Kier molecular flexibility index (Phi) is 4.87. The van der Waals surface area contributed by atoms with Gasteiger partial charge in [0, 0.05) is 11.1 Å². The number of aromatic nitrogens is 1. The van der Waals surface area contributed by atoms with E-state index in [0.717, 1.165) is 0 Å². The number of hydrogen-bond donors (Lipinski definition) is 1. The van der Waals surface area contributed by atoms with Crippen LogP contribution in [0.5, 0.6) is 5.75 Å². The first-order chi connectivity index (χ1) is 9.54. The molecule has 0 atom stereocenters. The molecule has 0 unspecified atom stereocenters. The average Bonchev–Trinajstić information content (AvgIpc) is 2.81. The van der Waals surface area contributed by atoms with Crippen molar-refractivity contribution >= 4 is 29.1 Å². The summed E-state index contributed by atoms with van der Waals surface area (Å²) in [5.74, 6) is 0.818. The summed E-state index contributed by atoms with van der Waals surface area (Å²) in [6, 6.07) is 6.55. The van der Waals surface area contributed by atoms with E-state index >= 15 is 0 Å². The number of halogens is 2. The van der Waals surface area contributed by atoms with Crippen molar-refractivity contribution in [3.05, 3.63) is 45.8 Å². The monoisotopic (exact) mass is 314 g/mol. The van der Waals surface area contributed by atoms with Crippen LogP contribution in [0.4, 0.5) is 0 Å². The summed E-state index contributed by atoms with van der Waals surface area (Å²) in [5.41, 5.74) is 0.653. The molecule has 0 fully saturated rings. The van der Waals surface area contributed by atoms with E-state index in [4.69, 9.17) is 32.5 Å². The number of carbonyl (C=O) groups is 1. The van der Waals surface area contributed by atoms with Gasteiger partial charge in [0.25, 0.3) is 5.91 Å². The van der Waals surface area contributed by atoms with Crippen LogP contribution in [0, 0.1) is 6.92 Å². The summed E-state index contributed by atoms with van der Waals surface area (Å²) in [4.78, 5) is 11.6. The molecular weight excluding hydrogens is 303 g/mol. The van der Waals surface area contributed by atoms with Gasteiger partial charge in [-0.1, -0.05) is 28.4 Å². The molecule has 0 aliphatic heterocycles. The van der Waals surface area contributed by atoms with Crippen LogP contribution in [0.25, 0.3) is 0 Å². The van der Waals surface area contributed by atoms with Gasteiger partial charge in [0.15, 0.2) is 6.61 Å². The number of hydrogen-bond acceptors (Lipinski definition) is 4. The minimum Gasteiger partial charge on any atom is -0.482 e. The largest absolute Gasteiger partial charge is 0.482 e. The van der Waals surface area contributed by atoms with Crippen molar-refractivity contribution in [2.45, 2.75) is 13.5 Å². The Bertz CT molecular complexity index is 613. The van der Waals surface area contributed by atoms with Gasteiger partial charge in [-0.3, -0.25) is 4.79 Å². The SMILES string of the molecule is Cc1cc(CNC(=O)COc2ccc(Cl)cc2Cl)no1. The predicted molar refractivity (Wildman–Crippen MR) is 75.0 cm³/mol. The molecule has 0 aliphatic carbocycles. The fraction of sp³-hybridized carbons (Fsp3) is 0.231. The van der Waals surface area contributed by atoms with Crippen LogP contribution in [-0.4, -0.2) is 17.7 Å². The number of nitrogens with one attached hydrogen (secondary N) is 1. The fourth-order valence-electron chi connectivity index (χ4n) is 1.48. The van der Waals surface area contributed by atoms with Gasteiger partial charge in [0.2, 0.25) is 0 Å². The molecule has 1 heterocycles. The molecule has 1 aromatic heterocycles. The highest BCUT2D eigenvalue weighted by Crippen LogP contribution is 2.27. The highest BCUT2D eigenvalue weighted by atomic mass is 35.5. The molecule has 0 spiro atoms. The van der Waals surface area contributed by atoms with Crippen molar-refractivity contribution in [3.8, 4) is 5.75 Å².